The van der Waals surface area contributed by atoms with Crippen LogP contribution in [-0.4, -0.2) is 72.4 Å². The second kappa shape index (κ2) is 8.77. The SMILES string of the molecule is COC(OC)[C@@H]1CSCN1C(=O)[C@@H]1CCCN1C(=O)Cc1cc2ccccc2o1. The Bertz CT molecular complexity index is 848. The zero-order valence-electron chi connectivity index (χ0n) is 16.7. The van der Waals surface area contributed by atoms with E-state index in [1.165, 1.54) is 0 Å². The molecule has 0 unspecified atom stereocenters. The first kappa shape index (κ1) is 20.3. The third-order valence-electron chi connectivity index (χ3n) is 5.64. The quantitative estimate of drug-likeness (QED) is 0.671. The molecule has 29 heavy (non-hydrogen) atoms. The maximum atomic E-state index is 13.3. The second-order valence-corrected chi connectivity index (χ2v) is 8.39. The largest absolute Gasteiger partial charge is 0.461 e. The summed E-state index contributed by atoms with van der Waals surface area (Å²) < 4.78 is 16.6. The van der Waals surface area contributed by atoms with Crippen molar-refractivity contribution in [2.75, 3.05) is 32.4 Å². The summed E-state index contributed by atoms with van der Waals surface area (Å²) in [6.07, 6.45) is 1.21. The van der Waals surface area contributed by atoms with Gasteiger partial charge in [0.05, 0.1) is 18.3 Å². The standard InChI is InChI=1S/C21H26N2O5S/c1-26-21(27-2)17-12-29-13-23(17)20(25)16-7-5-9-22(16)19(24)11-15-10-14-6-3-4-8-18(14)28-15/h3-4,6,8,10,16-17,21H,5,7,9,11-13H2,1-2H3/t16-,17-/m0/s1. The average molecular weight is 419 g/mol. The number of methoxy groups -OCH3 is 2. The molecule has 2 saturated heterocycles. The molecule has 1 aromatic heterocycles. The van der Waals surface area contributed by atoms with E-state index in [-0.39, 0.29) is 24.3 Å². The Kier molecular flexibility index (Phi) is 6.12. The highest BCUT2D eigenvalue weighted by Gasteiger charge is 2.42. The number of hydrogen-bond donors (Lipinski definition) is 0. The summed E-state index contributed by atoms with van der Waals surface area (Å²) in [6, 6.07) is 9.02. The maximum absolute atomic E-state index is 13.3. The van der Waals surface area contributed by atoms with Gasteiger partial charge >= 0.3 is 0 Å². The summed E-state index contributed by atoms with van der Waals surface area (Å²) in [5.41, 5.74) is 0.770. The second-order valence-electron chi connectivity index (χ2n) is 7.39. The molecule has 0 saturated carbocycles. The molecule has 0 spiro atoms. The summed E-state index contributed by atoms with van der Waals surface area (Å²) in [5, 5.41) is 0.978. The first-order valence-corrected chi connectivity index (χ1v) is 11.0. The van der Waals surface area contributed by atoms with E-state index < -0.39 is 12.3 Å². The number of fused-ring (bicyclic) bond motifs is 1. The van der Waals surface area contributed by atoms with Crippen molar-refractivity contribution in [3.05, 3.63) is 36.1 Å². The Morgan fingerprint density at radius 2 is 2.03 bits per heavy atom. The molecule has 0 aliphatic carbocycles. The van der Waals surface area contributed by atoms with Crippen LogP contribution in [0.4, 0.5) is 0 Å². The lowest BCUT2D eigenvalue weighted by Gasteiger charge is -2.33. The Morgan fingerprint density at radius 3 is 2.79 bits per heavy atom. The fraction of sp³-hybridized carbons (Fsp3) is 0.524. The van der Waals surface area contributed by atoms with Gasteiger partial charge in [0.2, 0.25) is 11.8 Å². The summed E-state index contributed by atoms with van der Waals surface area (Å²) >= 11 is 1.68. The molecule has 1 aromatic carbocycles. The molecule has 0 N–H and O–H groups in total. The minimum atomic E-state index is -0.463. The van der Waals surface area contributed by atoms with Gasteiger partial charge in [0.25, 0.3) is 0 Å². The highest BCUT2D eigenvalue weighted by molar-refractivity contribution is 7.99. The number of rotatable bonds is 6. The average Bonchev–Trinajstić information content (AvgIpc) is 3.47. The van der Waals surface area contributed by atoms with E-state index in [0.29, 0.717) is 24.6 Å². The number of furan rings is 1. The first-order valence-electron chi connectivity index (χ1n) is 9.83. The molecule has 0 radical (unpaired) electrons. The predicted molar refractivity (Wildman–Crippen MR) is 110 cm³/mol. The minimum Gasteiger partial charge on any atom is -0.461 e. The third kappa shape index (κ3) is 4.01. The van der Waals surface area contributed by atoms with E-state index in [9.17, 15) is 9.59 Å². The fourth-order valence-corrected chi connectivity index (χ4v) is 5.41. The molecular weight excluding hydrogens is 392 g/mol. The van der Waals surface area contributed by atoms with Gasteiger partial charge in [0, 0.05) is 31.9 Å². The molecule has 0 bridgehead atoms. The summed E-state index contributed by atoms with van der Waals surface area (Å²) in [4.78, 5) is 29.8. The summed E-state index contributed by atoms with van der Waals surface area (Å²) in [5.74, 6) is 1.89. The lowest BCUT2D eigenvalue weighted by molar-refractivity contribution is -0.160. The number of hydrogen-bond acceptors (Lipinski definition) is 6. The van der Waals surface area contributed by atoms with Crippen molar-refractivity contribution in [1.29, 1.82) is 0 Å². The van der Waals surface area contributed by atoms with Crippen molar-refractivity contribution in [1.82, 2.24) is 9.80 Å². The van der Waals surface area contributed by atoms with Crippen molar-refractivity contribution in [3.63, 3.8) is 0 Å². The van der Waals surface area contributed by atoms with Crippen LogP contribution in [-0.2, 0) is 25.5 Å². The molecule has 8 heteroatoms. The van der Waals surface area contributed by atoms with Crippen molar-refractivity contribution in [2.45, 2.75) is 37.6 Å². The smallest absolute Gasteiger partial charge is 0.246 e. The van der Waals surface area contributed by atoms with Gasteiger partial charge in [-0.2, -0.15) is 0 Å². The Labute approximate surface area is 174 Å². The van der Waals surface area contributed by atoms with Crippen LogP contribution in [0.25, 0.3) is 11.0 Å². The van der Waals surface area contributed by atoms with Gasteiger partial charge < -0.3 is 23.7 Å². The van der Waals surface area contributed by atoms with Crippen molar-refractivity contribution < 1.29 is 23.5 Å². The van der Waals surface area contributed by atoms with E-state index in [4.69, 9.17) is 13.9 Å². The molecular formula is C21H26N2O5S. The monoisotopic (exact) mass is 418 g/mol. The Morgan fingerprint density at radius 1 is 1.24 bits per heavy atom. The highest BCUT2D eigenvalue weighted by Crippen LogP contribution is 2.29. The fourth-order valence-electron chi connectivity index (χ4n) is 4.21. The van der Waals surface area contributed by atoms with E-state index in [2.05, 4.69) is 0 Å². The van der Waals surface area contributed by atoms with Crippen LogP contribution in [0.1, 0.15) is 18.6 Å². The van der Waals surface area contributed by atoms with Crippen molar-refractivity contribution in [3.8, 4) is 0 Å². The van der Waals surface area contributed by atoms with Gasteiger partial charge in [0.1, 0.15) is 17.4 Å². The summed E-state index contributed by atoms with van der Waals surface area (Å²) in [6.45, 7) is 0.596. The van der Waals surface area contributed by atoms with Crippen molar-refractivity contribution in [2.24, 2.45) is 0 Å². The molecule has 3 heterocycles. The molecule has 4 rings (SSSR count). The van der Waals surface area contributed by atoms with Gasteiger partial charge in [-0.3, -0.25) is 9.59 Å². The molecule has 2 aliphatic rings. The number of nitrogens with zero attached hydrogens (tertiary/aromatic N) is 2. The number of ether oxygens (including phenoxy) is 2. The molecule has 156 valence electrons. The highest BCUT2D eigenvalue weighted by atomic mass is 32.2. The first-order chi connectivity index (χ1) is 14.1. The molecule has 2 aromatic rings. The molecule has 2 fully saturated rings. The number of para-hydroxylation sites is 1. The topological polar surface area (TPSA) is 72.2 Å². The number of benzene rings is 1. The van der Waals surface area contributed by atoms with Crippen LogP contribution in [0.15, 0.2) is 34.7 Å². The summed E-state index contributed by atoms with van der Waals surface area (Å²) in [7, 11) is 3.16. The van der Waals surface area contributed by atoms with Crippen LogP contribution >= 0.6 is 11.8 Å². The molecule has 7 nitrogen and oxygen atoms in total. The van der Waals surface area contributed by atoms with Crippen LogP contribution in [0.3, 0.4) is 0 Å². The van der Waals surface area contributed by atoms with Crippen LogP contribution < -0.4 is 0 Å². The van der Waals surface area contributed by atoms with E-state index >= 15 is 0 Å². The lowest BCUT2D eigenvalue weighted by Crippen LogP contribution is -2.53. The van der Waals surface area contributed by atoms with E-state index in [0.717, 1.165) is 23.1 Å². The number of carbonyl (C=O) groups is 2. The van der Waals surface area contributed by atoms with Crippen molar-refractivity contribution >= 4 is 34.5 Å². The van der Waals surface area contributed by atoms with Gasteiger partial charge in [-0.05, 0) is 25.0 Å². The zero-order valence-corrected chi connectivity index (χ0v) is 17.5. The van der Waals surface area contributed by atoms with Crippen LogP contribution in [0.5, 0.6) is 0 Å². The predicted octanol–water partition coefficient (Wildman–Crippen LogP) is 2.49. The zero-order chi connectivity index (χ0) is 20.4. The molecule has 2 atom stereocenters. The number of likely N-dealkylation sites (tertiary alicyclic amines) is 1. The van der Waals surface area contributed by atoms with Gasteiger partial charge in [0.15, 0.2) is 6.29 Å². The van der Waals surface area contributed by atoms with Gasteiger partial charge in [-0.25, -0.2) is 0 Å². The molecule has 2 aliphatic heterocycles. The number of carbonyl (C=O) groups excluding carboxylic acids is 2. The van der Waals surface area contributed by atoms with Gasteiger partial charge in [-0.15, -0.1) is 11.8 Å². The normalized spacial score (nSPS) is 22.2. The van der Waals surface area contributed by atoms with Gasteiger partial charge in [-0.1, -0.05) is 18.2 Å². The Hall–Kier alpha value is -2.03. The third-order valence-corrected chi connectivity index (χ3v) is 6.68. The molecule has 2 amide bonds. The minimum absolute atomic E-state index is 0.0189. The van der Waals surface area contributed by atoms with E-state index in [1.807, 2.05) is 30.3 Å². The number of thioether (sulfide) groups is 1. The Balaban J connectivity index is 1.46. The maximum Gasteiger partial charge on any atom is 0.246 e. The van der Waals surface area contributed by atoms with E-state index in [1.54, 1.807) is 35.8 Å². The number of amides is 2. The van der Waals surface area contributed by atoms with Crippen LogP contribution in [0.2, 0.25) is 0 Å². The van der Waals surface area contributed by atoms with Crippen LogP contribution in [0, 0.1) is 0 Å². The lowest BCUT2D eigenvalue weighted by atomic mass is 10.1.